The summed E-state index contributed by atoms with van der Waals surface area (Å²) in [4.78, 5) is 30.5. The molecule has 4 aromatic rings. The fraction of sp³-hybridized carbons (Fsp3) is 0.250. The molecule has 0 aliphatic carbocycles. The first-order valence-electron chi connectivity index (χ1n) is 11.8. The maximum atomic E-state index is 13.3. The predicted octanol–water partition coefficient (Wildman–Crippen LogP) is 4.83. The summed E-state index contributed by atoms with van der Waals surface area (Å²) in [6, 6.07) is 17.0. The number of hydrogen-bond acceptors (Lipinski definition) is 5. The van der Waals surface area contributed by atoms with Crippen molar-refractivity contribution >= 4 is 28.3 Å². The van der Waals surface area contributed by atoms with Crippen LogP contribution in [0.5, 0.6) is 0 Å². The number of benzene rings is 2. The average Bonchev–Trinajstić information content (AvgIpc) is 3.41. The monoisotopic (exact) mass is 469 g/mol. The van der Waals surface area contributed by atoms with E-state index in [2.05, 4.69) is 15.6 Å². The molecule has 1 aliphatic rings. The highest BCUT2D eigenvalue weighted by molar-refractivity contribution is 6.15. The van der Waals surface area contributed by atoms with Gasteiger partial charge >= 0.3 is 0 Å². The van der Waals surface area contributed by atoms with Gasteiger partial charge in [-0.2, -0.15) is 0 Å². The summed E-state index contributed by atoms with van der Waals surface area (Å²) in [7, 11) is 0. The third kappa shape index (κ3) is 5.25. The number of ether oxygens (including phenoxy) is 1. The second-order valence-electron chi connectivity index (χ2n) is 8.75. The van der Waals surface area contributed by atoms with Gasteiger partial charge in [-0.3, -0.25) is 9.59 Å². The van der Waals surface area contributed by atoms with E-state index in [0.717, 1.165) is 48.0 Å². The molecule has 0 saturated carbocycles. The van der Waals surface area contributed by atoms with Crippen molar-refractivity contribution < 1.29 is 18.7 Å². The Balaban J connectivity index is 1.35. The van der Waals surface area contributed by atoms with E-state index in [1.807, 2.05) is 42.5 Å². The number of pyridine rings is 1. The van der Waals surface area contributed by atoms with Gasteiger partial charge in [0.2, 0.25) is 0 Å². The van der Waals surface area contributed by atoms with Crippen LogP contribution in [0, 0.1) is 5.92 Å². The van der Waals surface area contributed by atoms with Gasteiger partial charge in [0.15, 0.2) is 5.69 Å². The minimum atomic E-state index is -0.298. The predicted molar refractivity (Wildman–Crippen MR) is 134 cm³/mol. The molecule has 7 heteroatoms. The van der Waals surface area contributed by atoms with Crippen LogP contribution in [0.2, 0.25) is 0 Å². The lowest BCUT2D eigenvalue weighted by Crippen LogP contribution is -2.33. The molecule has 0 atom stereocenters. The van der Waals surface area contributed by atoms with Gasteiger partial charge in [-0.05, 0) is 64.9 Å². The second kappa shape index (κ2) is 10.5. The minimum absolute atomic E-state index is 0.203. The van der Waals surface area contributed by atoms with Crippen LogP contribution in [0.1, 0.15) is 44.8 Å². The molecular formula is C28H27N3O4. The Labute approximate surface area is 203 Å². The van der Waals surface area contributed by atoms with Crippen molar-refractivity contribution in [2.75, 3.05) is 25.1 Å². The lowest BCUT2D eigenvalue weighted by molar-refractivity contribution is 0.0642. The van der Waals surface area contributed by atoms with Gasteiger partial charge in [0.05, 0.1) is 18.2 Å². The SMILES string of the molecule is O=C(NCC1CCOCC1)c1ncccc1NC(=O)c1ccc(Cc2ccoc2)c2ccccc12. The highest BCUT2D eigenvalue weighted by atomic mass is 16.5. The van der Waals surface area contributed by atoms with E-state index >= 15 is 0 Å². The quantitative estimate of drug-likeness (QED) is 0.405. The second-order valence-corrected chi connectivity index (χ2v) is 8.75. The van der Waals surface area contributed by atoms with E-state index in [1.54, 1.807) is 30.9 Å². The number of amides is 2. The summed E-state index contributed by atoms with van der Waals surface area (Å²) < 4.78 is 10.6. The number of aromatic nitrogens is 1. The van der Waals surface area contributed by atoms with Crippen LogP contribution in [0.3, 0.4) is 0 Å². The average molecular weight is 470 g/mol. The molecule has 1 aliphatic heterocycles. The van der Waals surface area contributed by atoms with Crippen LogP contribution < -0.4 is 10.6 Å². The first-order valence-corrected chi connectivity index (χ1v) is 11.8. The fourth-order valence-corrected chi connectivity index (χ4v) is 4.47. The molecule has 3 heterocycles. The molecule has 0 bridgehead atoms. The van der Waals surface area contributed by atoms with E-state index in [4.69, 9.17) is 9.15 Å². The summed E-state index contributed by atoms with van der Waals surface area (Å²) in [5.74, 6) is -0.198. The number of furan rings is 1. The van der Waals surface area contributed by atoms with Crippen molar-refractivity contribution in [3.8, 4) is 0 Å². The van der Waals surface area contributed by atoms with E-state index < -0.39 is 0 Å². The third-order valence-electron chi connectivity index (χ3n) is 6.40. The van der Waals surface area contributed by atoms with E-state index in [1.165, 1.54) is 0 Å². The maximum absolute atomic E-state index is 13.3. The number of carbonyl (C=O) groups is 2. The number of nitrogens with zero attached hydrogens (tertiary/aromatic N) is 1. The smallest absolute Gasteiger partial charge is 0.272 e. The third-order valence-corrected chi connectivity index (χ3v) is 6.40. The Kier molecular flexibility index (Phi) is 6.86. The number of fused-ring (bicyclic) bond motifs is 1. The van der Waals surface area contributed by atoms with Crippen molar-refractivity contribution in [1.29, 1.82) is 0 Å². The van der Waals surface area contributed by atoms with E-state index in [9.17, 15) is 9.59 Å². The molecule has 0 unspecified atom stereocenters. The van der Waals surface area contributed by atoms with Gasteiger partial charge in [-0.15, -0.1) is 0 Å². The summed E-state index contributed by atoms with van der Waals surface area (Å²) in [6.45, 7) is 2.01. The van der Waals surface area contributed by atoms with Gasteiger partial charge in [0, 0.05) is 37.9 Å². The molecule has 178 valence electrons. The zero-order valence-corrected chi connectivity index (χ0v) is 19.3. The molecule has 1 fully saturated rings. The van der Waals surface area contributed by atoms with Crippen LogP contribution >= 0.6 is 0 Å². The summed E-state index contributed by atoms with van der Waals surface area (Å²) in [6.07, 6.45) is 7.50. The highest BCUT2D eigenvalue weighted by Crippen LogP contribution is 2.26. The minimum Gasteiger partial charge on any atom is -0.472 e. The van der Waals surface area contributed by atoms with Gasteiger partial charge in [0.25, 0.3) is 11.8 Å². The first kappa shape index (κ1) is 22.8. The number of hydrogen-bond donors (Lipinski definition) is 2. The molecule has 2 aromatic carbocycles. The molecule has 7 nitrogen and oxygen atoms in total. The van der Waals surface area contributed by atoms with Crippen molar-refractivity contribution in [2.24, 2.45) is 5.92 Å². The Morgan fingerprint density at radius 1 is 0.943 bits per heavy atom. The topological polar surface area (TPSA) is 93.5 Å². The first-order chi connectivity index (χ1) is 17.2. The number of rotatable bonds is 7. The largest absolute Gasteiger partial charge is 0.472 e. The lowest BCUT2D eigenvalue weighted by Gasteiger charge is -2.22. The van der Waals surface area contributed by atoms with Crippen LogP contribution in [-0.4, -0.2) is 36.6 Å². The molecule has 0 spiro atoms. The van der Waals surface area contributed by atoms with Crippen LogP contribution in [0.4, 0.5) is 5.69 Å². The van der Waals surface area contributed by atoms with Crippen LogP contribution in [0.15, 0.2) is 77.7 Å². The van der Waals surface area contributed by atoms with Gasteiger partial charge < -0.3 is 19.8 Å². The zero-order valence-electron chi connectivity index (χ0n) is 19.3. The van der Waals surface area contributed by atoms with E-state index in [0.29, 0.717) is 30.1 Å². The van der Waals surface area contributed by atoms with Crippen molar-refractivity contribution in [3.63, 3.8) is 0 Å². The van der Waals surface area contributed by atoms with Crippen molar-refractivity contribution in [1.82, 2.24) is 10.3 Å². The normalized spacial score (nSPS) is 14.1. The molecule has 2 N–H and O–H groups in total. The lowest BCUT2D eigenvalue weighted by atomic mass is 9.95. The van der Waals surface area contributed by atoms with Crippen LogP contribution in [-0.2, 0) is 11.2 Å². The molecule has 5 rings (SSSR count). The summed E-state index contributed by atoms with van der Waals surface area (Å²) in [5, 5.41) is 7.72. The standard InChI is InChI=1S/C28H27N3O4/c32-27(24-8-7-21(16-20-11-15-35-18-20)22-4-1-2-5-23(22)24)31-25-6-3-12-29-26(25)28(33)30-17-19-9-13-34-14-10-19/h1-8,11-12,15,18-19H,9-10,13-14,16-17H2,(H,30,33)(H,31,32). The van der Waals surface area contributed by atoms with Gasteiger partial charge in [-0.1, -0.05) is 30.3 Å². The Morgan fingerprint density at radius 3 is 2.57 bits per heavy atom. The van der Waals surface area contributed by atoms with Gasteiger partial charge in [0.1, 0.15) is 0 Å². The molecule has 2 amide bonds. The number of anilines is 1. The van der Waals surface area contributed by atoms with E-state index in [-0.39, 0.29) is 17.5 Å². The fourth-order valence-electron chi connectivity index (χ4n) is 4.47. The number of nitrogens with one attached hydrogen (secondary N) is 2. The Hall–Kier alpha value is -3.97. The highest BCUT2D eigenvalue weighted by Gasteiger charge is 2.20. The van der Waals surface area contributed by atoms with Crippen molar-refractivity contribution in [2.45, 2.75) is 19.3 Å². The molecular weight excluding hydrogens is 442 g/mol. The number of carbonyl (C=O) groups excluding carboxylic acids is 2. The zero-order chi connectivity index (χ0) is 24.0. The van der Waals surface area contributed by atoms with Crippen LogP contribution in [0.25, 0.3) is 10.8 Å². The summed E-state index contributed by atoms with van der Waals surface area (Å²) in [5.41, 5.74) is 3.29. The Morgan fingerprint density at radius 2 is 1.77 bits per heavy atom. The summed E-state index contributed by atoms with van der Waals surface area (Å²) >= 11 is 0. The Bertz CT molecular complexity index is 1330. The molecule has 0 radical (unpaired) electrons. The van der Waals surface area contributed by atoms with Crippen molar-refractivity contribution in [3.05, 3.63) is 95.7 Å². The maximum Gasteiger partial charge on any atom is 0.272 e. The molecule has 1 saturated heterocycles. The molecule has 2 aromatic heterocycles. The molecule has 35 heavy (non-hydrogen) atoms. The van der Waals surface area contributed by atoms with Gasteiger partial charge in [-0.25, -0.2) is 4.98 Å².